The molecule has 7 nitrogen and oxygen atoms in total. The fourth-order valence-electron chi connectivity index (χ4n) is 2.42. The first-order chi connectivity index (χ1) is 12.1. The van der Waals surface area contributed by atoms with Gasteiger partial charge in [0.1, 0.15) is 0 Å². The van der Waals surface area contributed by atoms with E-state index in [1.54, 1.807) is 21.0 Å². The molecule has 0 aromatic carbocycles. The standard InChI is InChI=1S/C16H15F3N3O4/c1-8-7-25-13-12-10(4-9(5-20-12)16(17,18)19)26-14(13)15(24)22(8)6-11(23)21(2)3/h4-5H,6-7H2,1-3H3/q+1. The van der Waals surface area contributed by atoms with Crippen LogP contribution in [0.3, 0.4) is 0 Å². The topological polar surface area (TPSA) is 75.7 Å². The van der Waals surface area contributed by atoms with E-state index < -0.39 is 17.6 Å². The molecule has 1 aliphatic heterocycles. The largest absolute Gasteiger partial charge is 0.476 e. The van der Waals surface area contributed by atoms with Gasteiger partial charge in [-0.15, -0.1) is 4.58 Å². The Bertz CT molecular complexity index is 944. The maximum atomic E-state index is 12.8. The first kappa shape index (κ1) is 17.9. The molecule has 138 valence electrons. The van der Waals surface area contributed by atoms with Crippen LogP contribution in [-0.4, -0.2) is 59.2 Å². The van der Waals surface area contributed by atoms with Gasteiger partial charge in [0, 0.05) is 27.2 Å². The normalized spacial score (nSPS) is 14.9. The van der Waals surface area contributed by atoms with Crippen LogP contribution in [-0.2, 0) is 11.0 Å². The highest BCUT2D eigenvalue weighted by molar-refractivity contribution is 6.01. The lowest BCUT2D eigenvalue weighted by atomic mass is 10.2. The van der Waals surface area contributed by atoms with Crippen LogP contribution in [0.5, 0.6) is 5.75 Å². The van der Waals surface area contributed by atoms with E-state index in [-0.39, 0.29) is 41.7 Å². The monoisotopic (exact) mass is 370 g/mol. The molecule has 0 saturated carbocycles. The number of fused-ring (bicyclic) bond motifs is 3. The smallest absolute Gasteiger partial charge is 0.459 e. The third kappa shape index (κ3) is 3.02. The molecule has 0 spiro atoms. The Kier molecular flexibility index (Phi) is 4.21. The van der Waals surface area contributed by atoms with Gasteiger partial charge in [-0.25, -0.2) is 9.78 Å². The van der Waals surface area contributed by atoms with Gasteiger partial charge in [0.15, 0.2) is 23.4 Å². The van der Waals surface area contributed by atoms with Crippen molar-refractivity contribution in [2.24, 2.45) is 0 Å². The molecule has 2 amide bonds. The third-order valence-corrected chi connectivity index (χ3v) is 3.93. The molecule has 0 radical (unpaired) electrons. The minimum atomic E-state index is -4.59. The molecule has 0 N–H and O–H groups in total. The summed E-state index contributed by atoms with van der Waals surface area (Å²) in [4.78, 5) is 29.8. The van der Waals surface area contributed by atoms with Gasteiger partial charge >= 0.3 is 12.1 Å². The molecule has 2 aromatic rings. The lowest BCUT2D eigenvalue weighted by Crippen LogP contribution is -2.37. The predicted molar refractivity (Wildman–Crippen MR) is 83.3 cm³/mol. The molecule has 0 aliphatic carbocycles. The summed E-state index contributed by atoms with van der Waals surface area (Å²) in [5, 5.41) is 0. The summed E-state index contributed by atoms with van der Waals surface area (Å²) in [5.74, 6) is -1.31. The molecule has 2 aromatic heterocycles. The van der Waals surface area contributed by atoms with E-state index in [1.807, 2.05) is 0 Å². The predicted octanol–water partition coefficient (Wildman–Crippen LogP) is 1.94. The lowest BCUT2D eigenvalue weighted by Gasteiger charge is -2.08. The fourth-order valence-corrected chi connectivity index (χ4v) is 2.42. The van der Waals surface area contributed by atoms with Crippen LogP contribution in [0.4, 0.5) is 13.2 Å². The zero-order valence-corrected chi connectivity index (χ0v) is 14.2. The SMILES string of the molecule is CC1=[N+](CC(=O)N(C)C)C(=O)c2oc3cc(C(F)(F)F)cnc3c2OC1. The minimum absolute atomic E-state index is 0.0231. The summed E-state index contributed by atoms with van der Waals surface area (Å²) >= 11 is 0. The zero-order chi connectivity index (χ0) is 19.2. The maximum Gasteiger partial charge on any atom is 0.459 e. The molecule has 1 aliphatic rings. The number of halogens is 3. The minimum Gasteiger partial charge on any atom is -0.476 e. The van der Waals surface area contributed by atoms with Crippen LogP contribution in [0.1, 0.15) is 23.0 Å². The van der Waals surface area contributed by atoms with Gasteiger partial charge in [0.2, 0.25) is 12.3 Å². The number of carbonyl (C=O) groups excluding carboxylic acids is 2. The Morgan fingerprint density at radius 2 is 2.08 bits per heavy atom. The fraction of sp³-hybridized carbons (Fsp3) is 0.375. The Balaban J connectivity index is 2.08. The number of carbonyl (C=O) groups is 2. The van der Waals surface area contributed by atoms with E-state index in [1.165, 1.54) is 9.48 Å². The number of amides is 2. The Hall–Kier alpha value is -2.91. The van der Waals surface area contributed by atoms with E-state index in [0.717, 1.165) is 6.07 Å². The average Bonchev–Trinajstić information content (AvgIpc) is 2.88. The summed E-state index contributed by atoms with van der Waals surface area (Å²) in [6.45, 7) is 1.35. The van der Waals surface area contributed by atoms with Gasteiger partial charge < -0.3 is 14.1 Å². The molecule has 0 atom stereocenters. The number of aromatic nitrogens is 1. The highest BCUT2D eigenvalue weighted by Crippen LogP contribution is 2.37. The molecule has 3 rings (SSSR count). The van der Waals surface area contributed by atoms with Crippen LogP contribution in [0.15, 0.2) is 16.7 Å². The number of rotatable bonds is 2. The summed E-state index contributed by atoms with van der Waals surface area (Å²) < 4.78 is 50.5. The molecule has 3 heterocycles. The lowest BCUT2D eigenvalue weighted by molar-refractivity contribution is -0.420. The van der Waals surface area contributed by atoms with Gasteiger partial charge in [-0.2, -0.15) is 13.2 Å². The molecular formula is C16H15F3N3O4+. The second kappa shape index (κ2) is 6.11. The number of alkyl halides is 3. The summed E-state index contributed by atoms with van der Waals surface area (Å²) in [5.41, 5.74) is -0.716. The number of furan rings is 1. The molecule has 0 bridgehead atoms. The highest BCUT2D eigenvalue weighted by atomic mass is 19.4. The van der Waals surface area contributed by atoms with Gasteiger partial charge in [-0.3, -0.25) is 4.79 Å². The van der Waals surface area contributed by atoms with Crippen LogP contribution >= 0.6 is 0 Å². The van der Waals surface area contributed by atoms with Gasteiger partial charge in [-0.1, -0.05) is 0 Å². The van der Waals surface area contributed by atoms with Crippen molar-refractivity contribution in [2.45, 2.75) is 13.1 Å². The summed E-state index contributed by atoms with van der Waals surface area (Å²) in [6, 6.07) is 0.763. The number of hydrogen-bond acceptors (Lipinski definition) is 5. The van der Waals surface area contributed by atoms with Crippen molar-refractivity contribution in [3.05, 3.63) is 23.6 Å². The first-order valence-corrected chi connectivity index (χ1v) is 7.56. The van der Waals surface area contributed by atoms with E-state index in [0.29, 0.717) is 11.9 Å². The van der Waals surface area contributed by atoms with Crippen molar-refractivity contribution in [1.82, 2.24) is 9.88 Å². The molecular weight excluding hydrogens is 355 g/mol. The van der Waals surface area contributed by atoms with Crippen LogP contribution in [0, 0.1) is 0 Å². The van der Waals surface area contributed by atoms with Crippen LogP contribution < -0.4 is 4.74 Å². The second-order valence-electron chi connectivity index (χ2n) is 6.03. The van der Waals surface area contributed by atoms with E-state index in [9.17, 15) is 22.8 Å². The van der Waals surface area contributed by atoms with E-state index >= 15 is 0 Å². The van der Waals surface area contributed by atoms with Crippen molar-refractivity contribution in [1.29, 1.82) is 0 Å². The van der Waals surface area contributed by atoms with Gasteiger partial charge in [-0.05, 0) is 6.07 Å². The first-order valence-electron chi connectivity index (χ1n) is 7.56. The molecule has 0 saturated heterocycles. The van der Waals surface area contributed by atoms with Gasteiger partial charge in [0.25, 0.3) is 11.7 Å². The van der Waals surface area contributed by atoms with E-state index in [2.05, 4.69) is 4.98 Å². The Morgan fingerprint density at radius 1 is 1.38 bits per heavy atom. The summed E-state index contributed by atoms with van der Waals surface area (Å²) in [7, 11) is 3.09. The zero-order valence-electron chi connectivity index (χ0n) is 14.2. The Labute approximate surface area is 145 Å². The van der Waals surface area contributed by atoms with E-state index in [4.69, 9.17) is 9.15 Å². The maximum absolute atomic E-state index is 12.8. The number of pyridine rings is 1. The van der Waals surface area contributed by atoms with Crippen molar-refractivity contribution < 1.29 is 36.5 Å². The van der Waals surface area contributed by atoms with Crippen molar-refractivity contribution in [3.63, 3.8) is 0 Å². The number of nitrogens with zero attached hydrogens (tertiary/aromatic N) is 3. The van der Waals surface area contributed by atoms with Crippen LogP contribution in [0.2, 0.25) is 0 Å². The quantitative estimate of drug-likeness (QED) is 0.756. The molecule has 10 heteroatoms. The van der Waals surface area contributed by atoms with Crippen molar-refractivity contribution in [3.8, 4) is 5.75 Å². The average molecular weight is 370 g/mol. The second-order valence-corrected chi connectivity index (χ2v) is 6.03. The van der Waals surface area contributed by atoms with Gasteiger partial charge in [0.05, 0.1) is 5.56 Å². The van der Waals surface area contributed by atoms with Crippen LogP contribution in [0.25, 0.3) is 11.1 Å². The number of hydrogen-bond donors (Lipinski definition) is 0. The number of ether oxygens (including phenoxy) is 1. The highest BCUT2D eigenvalue weighted by Gasteiger charge is 2.39. The van der Waals surface area contributed by atoms with Crippen molar-refractivity contribution in [2.75, 3.05) is 27.2 Å². The number of likely N-dealkylation sites (N-methyl/N-ethyl adjacent to an activating group) is 1. The summed E-state index contributed by atoms with van der Waals surface area (Å²) in [6.07, 6.45) is -3.94. The molecule has 26 heavy (non-hydrogen) atoms. The molecule has 0 unspecified atom stereocenters. The third-order valence-electron chi connectivity index (χ3n) is 3.93. The van der Waals surface area contributed by atoms with Crippen molar-refractivity contribution >= 4 is 28.6 Å². The Morgan fingerprint density at radius 3 is 2.69 bits per heavy atom. The molecule has 0 fully saturated rings.